The van der Waals surface area contributed by atoms with Crippen LogP contribution in [-0.4, -0.2) is 32.5 Å². The van der Waals surface area contributed by atoms with Gasteiger partial charge in [0.1, 0.15) is 10.7 Å². The SMILES string of the molecule is O=S(=O)(NC1CCN(c2ccccn2)C1)c1cccc(F)c1F. The molecule has 1 aliphatic heterocycles. The van der Waals surface area contributed by atoms with E-state index in [-0.39, 0.29) is 6.04 Å². The highest BCUT2D eigenvalue weighted by atomic mass is 32.2. The molecule has 3 rings (SSSR count). The van der Waals surface area contributed by atoms with E-state index in [9.17, 15) is 17.2 Å². The summed E-state index contributed by atoms with van der Waals surface area (Å²) in [5, 5.41) is 0. The van der Waals surface area contributed by atoms with Crippen molar-refractivity contribution < 1.29 is 17.2 Å². The minimum Gasteiger partial charge on any atom is -0.355 e. The van der Waals surface area contributed by atoms with Crippen molar-refractivity contribution in [2.45, 2.75) is 17.4 Å². The van der Waals surface area contributed by atoms with Crippen LogP contribution < -0.4 is 9.62 Å². The fourth-order valence-electron chi connectivity index (χ4n) is 2.58. The van der Waals surface area contributed by atoms with Crippen molar-refractivity contribution in [3.05, 3.63) is 54.2 Å². The predicted molar refractivity (Wildman–Crippen MR) is 81.5 cm³/mol. The van der Waals surface area contributed by atoms with Crippen molar-refractivity contribution in [1.82, 2.24) is 9.71 Å². The summed E-state index contributed by atoms with van der Waals surface area (Å²) in [5.41, 5.74) is 0. The Morgan fingerprint density at radius 1 is 1.17 bits per heavy atom. The first-order valence-corrected chi connectivity index (χ1v) is 8.58. The van der Waals surface area contributed by atoms with E-state index < -0.39 is 26.6 Å². The van der Waals surface area contributed by atoms with Crippen LogP contribution in [0.4, 0.5) is 14.6 Å². The van der Waals surface area contributed by atoms with Crippen molar-refractivity contribution in [3.8, 4) is 0 Å². The Morgan fingerprint density at radius 3 is 2.74 bits per heavy atom. The molecule has 1 fully saturated rings. The van der Waals surface area contributed by atoms with Gasteiger partial charge >= 0.3 is 0 Å². The number of halogens is 2. The van der Waals surface area contributed by atoms with E-state index in [2.05, 4.69) is 9.71 Å². The molecule has 1 N–H and O–H groups in total. The van der Waals surface area contributed by atoms with E-state index in [0.29, 0.717) is 19.5 Å². The molecule has 2 heterocycles. The molecule has 8 heteroatoms. The topological polar surface area (TPSA) is 62.3 Å². The van der Waals surface area contributed by atoms with Gasteiger partial charge in [0.05, 0.1) is 0 Å². The standard InChI is InChI=1S/C15H15F2N3O2S/c16-12-4-3-5-13(15(12)17)23(21,22)19-11-7-9-20(10-11)14-6-1-2-8-18-14/h1-6,8,11,19H,7,9-10H2. The number of anilines is 1. The van der Waals surface area contributed by atoms with Gasteiger partial charge in [-0.25, -0.2) is 26.9 Å². The third kappa shape index (κ3) is 3.32. The third-order valence-electron chi connectivity index (χ3n) is 3.69. The van der Waals surface area contributed by atoms with Crippen molar-refractivity contribution in [2.75, 3.05) is 18.0 Å². The normalized spacial score (nSPS) is 18.3. The lowest BCUT2D eigenvalue weighted by Gasteiger charge is -2.18. The summed E-state index contributed by atoms with van der Waals surface area (Å²) in [4.78, 5) is 5.48. The molecular formula is C15H15F2N3O2S. The number of rotatable bonds is 4. The lowest BCUT2D eigenvalue weighted by Crippen LogP contribution is -2.37. The number of nitrogens with zero attached hydrogens (tertiary/aromatic N) is 2. The number of benzene rings is 1. The van der Waals surface area contributed by atoms with E-state index in [1.54, 1.807) is 12.3 Å². The summed E-state index contributed by atoms with van der Waals surface area (Å²) in [6.45, 7) is 1.06. The molecule has 1 aromatic carbocycles. The second kappa shape index (κ2) is 6.21. The zero-order chi connectivity index (χ0) is 16.4. The molecule has 1 aliphatic rings. The summed E-state index contributed by atoms with van der Waals surface area (Å²) < 4.78 is 53.9. The molecular weight excluding hydrogens is 324 g/mol. The summed E-state index contributed by atoms with van der Waals surface area (Å²) in [6.07, 6.45) is 2.22. The molecule has 2 aromatic rings. The Morgan fingerprint density at radius 2 is 2.00 bits per heavy atom. The molecule has 23 heavy (non-hydrogen) atoms. The predicted octanol–water partition coefficient (Wildman–Crippen LogP) is 1.92. The molecule has 0 radical (unpaired) electrons. The van der Waals surface area contributed by atoms with Gasteiger partial charge in [-0.3, -0.25) is 0 Å². The lowest BCUT2D eigenvalue weighted by molar-refractivity contribution is 0.481. The van der Waals surface area contributed by atoms with Crippen LogP contribution in [0.3, 0.4) is 0 Å². The Balaban J connectivity index is 1.74. The van der Waals surface area contributed by atoms with Gasteiger partial charge in [-0.15, -0.1) is 0 Å². The van der Waals surface area contributed by atoms with Crippen molar-refractivity contribution in [2.24, 2.45) is 0 Å². The minimum atomic E-state index is -4.11. The van der Waals surface area contributed by atoms with Gasteiger partial charge in [0, 0.05) is 25.3 Å². The zero-order valence-electron chi connectivity index (χ0n) is 12.1. The number of pyridine rings is 1. The van der Waals surface area contributed by atoms with Crippen molar-refractivity contribution in [1.29, 1.82) is 0 Å². The van der Waals surface area contributed by atoms with Gasteiger partial charge in [0.15, 0.2) is 11.6 Å². The number of sulfonamides is 1. The number of hydrogen-bond acceptors (Lipinski definition) is 4. The quantitative estimate of drug-likeness (QED) is 0.924. The minimum absolute atomic E-state index is 0.385. The molecule has 122 valence electrons. The average Bonchev–Trinajstić information content (AvgIpc) is 2.98. The van der Waals surface area contributed by atoms with Crippen molar-refractivity contribution >= 4 is 15.8 Å². The molecule has 0 saturated carbocycles. The van der Waals surface area contributed by atoms with Crippen LogP contribution in [0, 0.1) is 11.6 Å². The van der Waals surface area contributed by atoms with Gasteiger partial charge in [-0.05, 0) is 30.7 Å². The molecule has 1 saturated heterocycles. The van der Waals surface area contributed by atoms with E-state index in [4.69, 9.17) is 0 Å². The van der Waals surface area contributed by atoms with Crippen LogP contribution in [0.2, 0.25) is 0 Å². The first-order chi connectivity index (χ1) is 11.0. The van der Waals surface area contributed by atoms with Crippen LogP contribution in [0.5, 0.6) is 0 Å². The maximum absolute atomic E-state index is 13.7. The van der Waals surface area contributed by atoms with Crippen molar-refractivity contribution in [3.63, 3.8) is 0 Å². The molecule has 0 bridgehead atoms. The highest BCUT2D eigenvalue weighted by Gasteiger charge is 2.29. The smallest absolute Gasteiger partial charge is 0.243 e. The van der Waals surface area contributed by atoms with Gasteiger partial charge in [-0.2, -0.15) is 0 Å². The van der Waals surface area contributed by atoms with Crippen LogP contribution in [-0.2, 0) is 10.0 Å². The highest BCUT2D eigenvalue weighted by molar-refractivity contribution is 7.89. The van der Waals surface area contributed by atoms with Crippen LogP contribution in [0.25, 0.3) is 0 Å². The van der Waals surface area contributed by atoms with Gasteiger partial charge in [0.25, 0.3) is 0 Å². The Labute approximate surface area is 133 Å². The first-order valence-electron chi connectivity index (χ1n) is 7.10. The van der Waals surface area contributed by atoms with Crippen LogP contribution in [0.15, 0.2) is 47.5 Å². The van der Waals surface area contributed by atoms with Crippen LogP contribution in [0.1, 0.15) is 6.42 Å². The zero-order valence-corrected chi connectivity index (χ0v) is 12.9. The fourth-order valence-corrected chi connectivity index (χ4v) is 3.93. The monoisotopic (exact) mass is 339 g/mol. The third-order valence-corrected chi connectivity index (χ3v) is 5.23. The van der Waals surface area contributed by atoms with E-state index >= 15 is 0 Å². The van der Waals surface area contributed by atoms with Crippen LogP contribution >= 0.6 is 0 Å². The second-order valence-electron chi connectivity index (χ2n) is 5.29. The highest BCUT2D eigenvalue weighted by Crippen LogP contribution is 2.21. The molecule has 0 amide bonds. The summed E-state index contributed by atoms with van der Waals surface area (Å²) in [5.74, 6) is -1.79. The molecule has 0 aliphatic carbocycles. The first kappa shape index (κ1) is 15.8. The van der Waals surface area contributed by atoms with E-state index in [1.165, 1.54) is 6.07 Å². The summed E-state index contributed by atoms with van der Waals surface area (Å²) in [7, 11) is -4.11. The molecule has 1 unspecified atom stereocenters. The van der Waals surface area contributed by atoms with E-state index in [1.807, 2.05) is 17.0 Å². The largest absolute Gasteiger partial charge is 0.355 e. The maximum atomic E-state index is 13.7. The van der Waals surface area contributed by atoms with E-state index in [0.717, 1.165) is 18.0 Å². The molecule has 1 aromatic heterocycles. The van der Waals surface area contributed by atoms with Gasteiger partial charge in [-0.1, -0.05) is 12.1 Å². The average molecular weight is 339 g/mol. The molecule has 0 spiro atoms. The summed E-state index contributed by atoms with van der Waals surface area (Å²) >= 11 is 0. The lowest BCUT2D eigenvalue weighted by atomic mass is 10.3. The summed E-state index contributed by atoms with van der Waals surface area (Å²) in [6, 6.07) is 8.20. The van der Waals surface area contributed by atoms with Gasteiger partial charge in [0.2, 0.25) is 10.0 Å². The second-order valence-corrected chi connectivity index (χ2v) is 6.98. The molecule has 5 nitrogen and oxygen atoms in total. The Kier molecular flexibility index (Phi) is 4.27. The maximum Gasteiger partial charge on any atom is 0.243 e. The molecule has 1 atom stereocenters. The van der Waals surface area contributed by atoms with Gasteiger partial charge < -0.3 is 4.90 Å². The fraction of sp³-hybridized carbons (Fsp3) is 0.267. The number of hydrogen-bond donors (Lipinski definition) is 1. The Hall–Kier alpha value is -2.06. The Bertz CT molecular complexity index is 800. The number of aromatic nitrogens is 1. The number of nitrogens with one attached hydrogen (secondary N) is 1.